The molecule has 0 aliphatic rings. The van der Waals surface area contributed by atoms with Crippen molar-refractivity contribution in [3.63, 3.8) is 0 Å². The number of aromatic amines is 1. The van der Waals surface area contributed by atoms with Gasteiger partial charge in [-0.2, -0.15) is 0 Å². The van der Waals surface area contributed by atoms with E-state index in [2.05, 4.69) is 4.98 Å². The van der Waals surface area contributed by atoms with Crippen LogP contribution in [0.25, 0.3) is 10.9 Å². The van der Waals surface area contributed by atoms with E-state index in [0.717, 1.165) is 6.07 Å². The minimum atomic E-state index is -1.07. The molecule has 0 bridgehead atoms. The zero-order valence-corrected chi connectivity index (χ0v) is 8.45. The molecule has 0 saturated heterocycles. The number of aryl methyl sites for hydroxylation is 1. The molecule has 1 N–H and O–H groups in total. The molecule has 0 amide bonds. The lowest BCUT2D eigenvalue weighted by molar-refractivity contribution is 0.515. The third-order valence-corrected chi connectivity index (χ3v) is 2.64. The molecule has 0 unspecified atom stereocenters. The van der Waals surface area contributed by atoms with Crippen LogP contribution in [0.2, 0.25) is 5.02 Å². The van der Waals surface area contributed by atoms with Crippen molar-refractivity contribution in [2.45, 2.75) is 6.92 Å². The maximum atomic E-state index is 13.3. The first kappa shape index (κ1) is 10.1. The maximum absolute atomic E-state index is 13.3. The van der Waals surface area contributed by atoms with Gasteiger partial charge in [-0.25, -0.2) is 8.78 Å². The highest BCUT2D eigenvalue weighted by Gasteiger charge is 2.13. The molecule has 0 spiro atoms. The Morgan fingerprint density at radius 1 is 1.33 bits per heavy atom. The van der Waals surface area contributed by atoms with E-state index in [4.69, 9.17) is 11.6 Å². The highest BCUT2D eigenvalue weighted by Crippen LogP contribution is 2.19. The molecule has 78 valence electrons. The van der Waals surface area contributed by atoms with Gasteiger partial charge in [-0.15, -0.1) is 0 Å². The van der Waals surface area contributed by atoms with Gasteiger partial charge < -0.3 is 4.98 Å². The van der Waals surface area contributed by atoms with Crippen LogP contribution in [0, 0.1) is 18.6 Å². The number of halogens is 3. The molecule has 0 atom stereocenters. The topological polar surface area (TPSA) is 32.9 Å². The van der Waals surface area contributed by atoms with Crippen LogP contribution in [0.1, 0.15) is 5.69 Å². The van der Waals surface area contributed by atoms with Gasteiger partial charge in [-0.05, 0) is 19.1 Å². The summed E-state index contributed by atoms with van der Waals surface area (Å²) in [6.45, 7) is 1.52. The summed E-state index contributed by atoms with van der Waals surface area (Å²) in [5.41, 5.74) is -0.331. The number of H-pyrrole nitrogens is 1. The summed E-state index contributed by atoms with van der Waals surface area (Å²) >= 11 is 5.69. The van der Waals surface area contributed by atoms with Crippen molar-refractivity contribution in [3.8, 4) is 0 Å². The quantitative estimate of drug-likeness (QED) is 0.740. The van der Waals surface area contributed by atoms with Gasteiger partial charge in [0.25, 0.3) is 0 Å². The monoisotopic (exact) mass is 229 g/mol. The second-order valence-corrected chi connectivity index (χ2v) is 3.55. The van der Waals surface area contributed by atoms with Crippen LogP contribution in [0.4, 0.5) is 8.78 Å². The third-order valence-electron chi connectivity index (χ3n) is 2.18. The van der Waals surface area contributed by atoms with E-state index >= 15 is 0 Å². The van der Waals surface area contributed by atoms with E-state index in [1.807, 2.05) is 0 Å². The van der Waals surface area contributed by atoms with Crippen molar-refractivity contribution in [1.29, 1.82) is 0 Å². The smallest absolute Gasteiger partial charge is 0.208 e. The van der Waals surface area contributed by atoms with Gasteiger partial charge >= 0.3 is 0 Å². The average molecular weight is 230 g/mol. The SMILES string of the molecule is Cc1[nH]c2c(F)c(F)ccc2c(=O)c1Cl. The van der Waals surface area contributed by atoms with E-state index in [-0.39, 0.29) is 15.9 Å². The second-order valence-electron chi connectivity index (χ2n) is 3.18. The molecule has 0 radical (unpaired) electrons. The predicted molar refractivity (Wildman–Crippen MR) is 54.2 cm³/mol. The zero-order chi connectivity index (χ0) is 11.2. The minimum Gasteiger partial charge on any atom is -0.355 e. The Hall–Kier alpha value is -1.42. The highest BCUT2D eigenvalue weighted by atomic mass is 35.5. The van der Waals surface area contributed by atoms with Crippen LogP contribution in [-0.2, 0) is 0 Å². The molecule has 2 nitrogen and oxygen atoms in total. The molecule has 1 aromatic heterocycles. The predicted octanol–water partition coefficient (Wildman–Crippen LogP) is 2.77. The van der Waals surface area contributed by atoms with Gasteiger partial charge in [0.15, 0.2) is 11.6 Å². The summed E-state index contributed by atoms with van der Waals surface area (Å²) in [4.78, 5) is 14.1. The fourth-order valence-electron chi connectivity index (χ4n) is 1.39. The maximum Gasteiger partial charge on any atom is 0.208 e. The number of nitrogens with one attached hydrogen (secondary N) is 1. The lowest BCUT2D eigenvalue weighted by atomic mass is 10.2. The molecule has 0 saturated carbocycles. The first-order valence-corrected chi connectivity index (χ1v) is 4.56. The van der Waals surface area contributed by atoms with Gasteiger partial charge in [0.1, 0.15) is 5.02 Å². The van der Waals surface area contributed by atoms with E-state index < -0.39 is 17.1 Å². The highest BCUT2D eigenvalue weighted by molar-refractivity contribution is 6.31. The molecule has 0 fully saturated rings. The molecule has 0 aliphatic carbocycles. The first-order valence-electron chi connectivity index (χ1n) is 4.18. The molecule has 1 heterocycles. The van der Waals surface area contributed by atoms with Crippen LogP contribution >= 0.6 is 11.6 Å². The van der Waals surface area contributed by atoms with E-state index in [0.29, 0.717) is 5.69 Å². The van der Waals surface area contributed by atoms with Gasteiger partial charge in [0.2, 0.25) is 5.43 Å². The van der Waals surface area contributed by atoms with Crippen LogP contribution in [0.15, 0.2) is 16.9 Å². The Bertz CT molecular complexity index is 606. The fourth-order valence-corrected chi connectivity index (χ4v) is 1.54. The second kappa shape index (κ2) is 3.31. The molecular formula is C10H6ClF2NO. The largest absolute Gasteiger partial charge is 0.355 e. The van der Waals surface area contributed by atoms with E-state index in [1.165, 1.54) is 13.0 Å². The van der Waals surface area contributed by atoms with Crippen LogP contribution < -0.4 is 5.43 Å². The lowest BCUT2D eigenvalue weighted by Gasteiger charge is -2.03. The molecule has 2 aromatic rings. The van der Waals surface area contributed by atoms with E-state index in [9.17, 15) is 13.6 Å². The zero-order valence-electron chi connectivity index (χ0n) is 7.70. The van der Waals surface area contributed by atoms with Gasteiger partial charge in [0, 0.05) is 5.69 Å². The fraction of sp³-hybridized carbons (Fsp3) is 0.100. The summed E-state index contributed by atoms with van der Waals surface area (Å²) < 4.78 is 26.2. The van der Waals surface area contributed by atoms with Crippen molar-refractivity contribution in [2.24, 2.45) is 0 Å². The van der Waals surface area contributed by atoms with Crippen molar-refractivity contribution >= 4 is 22.5 Å². The molecule has 1 aromatic carbocycles. The Balaban J connectivity index is 3.06. The number of hydrogen-bond donors (Lipinski definition) is 1. The van der Waals surface area contributed by atoms with Crippen LogP contribution in [0.3, 0.4) is 0 Å². The molecule has 15 heavy (non-hydrogen) atoms. The van der Waals surface area contributed by atoms with Crippen molar-refractivity contribution in [2.75, 3.05) is 0 Å². The minimum absolute atomic E-state index is 0.00601. The summed E-state index contributed by atoms with van der Waals surface area (Å²) in [7, 11) is 0. The van der Waals surface area contributed by atoms with E-state index in [1.54, 1.807) is 0 Å². The number of hydrogen-bond acceptors (Lipinski definition) is 1. The lowest BCUT2D eigenvalue weighted by Crippen LogP contribution is -2.08. The van der Waals surface area contributed by atoms with Crippen LogP contribution in [-0.4, -0.2) is 4.98 Å². The normalized spacial score (nSPS) is 10.9. The van der Waals surface area contributed by atoms with Gasteiger partial charge in [-0.3, -0.25) is 4.79 Å². The number of pyridine rings is 1. The molecule has 0 aliphatic heterocycles. The van der Waals surface area contributed by atoms with Crippen molar-refractivity contribution < 1.29 is 8.78 Å². The first-order chi connectivity index (χ1) is 7.02. The summed E-state index contributed by atoms with van der Waals surface area (Å²) in [5, 5.41) is 0.0398. The number of benzene rings is 1. The number of rotatable bonds is 0. The Labute approximate surface area is 88.5 Å². The summed E-state index contributed by atoms with van der Waals surface area (Å²) in [6, 6.07) is 2.11. The van der Waals surface area contributed by atoms with Gasteiger partial charge in [-0.1, -0.05) is 11.6 Å². The average Bonchev–Trinajstić information content (AvgIpc) is 2.21. The molecule has 5 heteroatoms. The summed E-state index contributed by atoms with van der Waals surface area (Å²) in [6.07, 6.45) is 0. The standard InChI is InChI=1S/C10H6ClF2NO/c1-4-7(11)10(15)5-2-3-6(12)8(13)9(5)14-4/h2-3H,1H3,(H,14,15). The Morgan fingerprint density at radius 2 is 2.00 bits per heavy atom. The Morgan fingerprint density at radius 3 is 2.67 bits per heavy atom. The van der Waals surface area contributed by atoms with Crippen molar-refractivity contribution in [3.05, 3.63) is 44.7 Å². The molecule has 2 rings (SSSR count). The third kappa shape index (κ3) is 1.41. The van der Waals surface area contributed by atoms with Gasteiger partial charge in [0.05, 0.1) is 10.9 Å². The Kier molecular flexibility index (Phi) is 2.23. The van der Waals surface area contributed by atoms with Crippen LogP contribution in [0.5, 0.6) is 0 Å². The number of fused-ring (bicyclic) bond motifs is 1. The number of aromatic nitrogens is 1. The molecular weight excluding hydrogens is 224 g/mol. The summed E-state index contributed by atoms with van der Waals surface area (Å²) in [5.74, 6) is -2.07. The van der Waals surface area contributed by atoms with Crippen molar-refractivity contribution in [1.82, 2.24) is 4.98 Å².